The van der Waals surface area contributed by atoms with Gasteiger partial charge >= 0.3 is 5.76 Å². The van der Waals surface area contributed by atoms with Crippen molar-refractivity contribution in [2.45, 2.75) is 6.54 Å². The second kappa shape index (κ2) is 7.88. The Bertz CT molecular complexity index is 1200. The number of benzene rings is 2. The van der Waals surface area contributed by atoms with E-state index in [-0.39, 0.29) is 18.3 Å². The molecule has 29 heavy (non-hydrogen) atoms. The molecule has 0 N–H and O–H groups in total. The first-order valence-electron chi connectivity index (χ1n) is 8.58. The summed E-state index contributed by atoms with van der Waals surface area (Å²) in [7, 11) is 3.15. The lowest BCUT2D eigenvalue weighted by Gasteiger charge is -2.08. The van der Waals surface area contributed by atoms with Gasteiger partial charge in [-0.15, -0.1) is 16.4 Å². The van der Waals surface area contributed by atoms with Crippen molar-refractivity contribution < 1.29 is 18.3 Å². The number of aromatic nitrogens is 3. The maximum absolute atomic E-state index is 13.1. The maximum Gasteiger partial charge on any atom is 0.437 e. The Kier molecular flexibility index (Phi) is 5.13. The zero-order chi connectivity index (χ0) is 20.4. The largest absolute Gasteiger partial charge is 0.493 e. The number of rotatable bonds is 6. The molecule has 0 saturated carbocycles. The molecule has 2 aromatic carbocycles. The molecule has 9 heteroatoms. The van der Waals surface area contributed by atoms with Crippen LogP contribution in [0, 0.1) is 5.82 Å². The van der Waals surface area contributed by atoms with Crippen LogP contribution in [0.15, 0.2) is 57.1 Å². The van der Waals surface area contributed by atoms with E-state index in [9.17, 15) is 9.18 Å². The minimum atomic E-state index is -0.606. The molecular weight excluding hydrogens is 397 g/mol. The molecule has 7 nitrogen and oxygen atoms in total. The summed E-state index contributed by atoms with van der Waals surface area (Å²) in [5.41, 5.74) is 2.06. The third-order valence-corrected chi connectivity index (χ3v) is 5.13. The summed E-state index contributed by atoms with van der Waals surface area (Å²) < 4.78 is 30.0. The van der Waals surface area contributed by atoms with Gasteiger partial charge in [0.25, 0.3) is 0 Å². The van der Waals surface area contributed by atoms with Gasteiger partial charge in [-0.3, -0.25) is 0 Å². The smallest absolute Gasteiger partial charge is 0.437 e. The Morgan fingerprint density at radius 1 is 1.07 bits per heavy atom. The van der Waals surface area contributed by atoms with Crippen LogP contribution in [0.4, 0.5) is 4.39 Å². The van der Waals surface area contributed by atoms with Gasteiger partial charge in [0.05, 0.1) is 26.5 Å². The molecular formula is C20H16FN3O4S. The lowest BCUT2D eigenvalue weighted by Crippen LogP contribution is -2.16. The Labute approximate surface area is 169 Å². The zero-order valence-corrected chi connectivity index (χ0v) is 16.4. The highest BCUT2D eigenvalue weighted by Gasteiger charge is 2.14. The van der Waals surface area contributed by atoms with Crippen molar-refractivity contribution in [3.63, 3.8) is 0 Å². The van der Waals surface area contributed by atoms with Crippen LogP contribution in [0.1, 0.15) is 5.69 Å². The maximum atomic E-state index is 13.1. The van der Waals surface area contributed by atoms with Crippen LogP contribution in [-0.2, 0) is 6.54 Å². The van der Waals surface area contributed by atoms with Gasteiger partial charge in [0, 0.05) is 16.5 Å². The van der Waals surface area contributed by atoms with Crippen LogP contribution in [0.3, 0.4) is 0 Å². The third-order valence-electron chi connectivity index (χ3n) is 4.19. The van der Waals surface area contributed by atoms with Gasteiger partial charge in [-0.2, -0.15) is 4.68 Å². The monoisotopic (exact) mass is 413 g/mol. The molecule has 0 fully saturated rings. The Morgan fingerprint density at radius 2 is 1.79 bits per heavy atom. The van der Waals surface area contributed by atoms with Gasteiger partial charge in [0.15, 0.2) is 11.5 Å². The second-order valence-corrected chi connectivity index (χ2v) is 6.91. The highest BCUT2D eigenvalue weighted by Crippen LogP contribution is 2.33. The van der Waals surface area contributed by atoms with E-state index in [1.54, 1.807) is 14.2 Å². The summed E-state index contributed by atoms with van der Waals surface area (Å²) in [6.07, 6.45) is 0. The van der Waals surface area contributed by atoms with Crippen LogP contribution in [0.2, 0.25) is 0 Å². The van der Waals surface area contributed by atoms with Crippen molar-refractivity contribution in [1.29, 1.82) is 0 Å². The molecule has 2 heterocycles. The fourth-order valence-electron chi connectivity index (χ4n) is 2.75. The van der Waals surface area contributed by atoms with Crippen LogP contribution in [0.25, 0.3) is 22.0 Å². The Balaban J connectivity index is 1.57. The molecule has 0 unspecified atom stereocenters. The first kappa shape index (κ1) is 18.9. The normalized spacial score (nSPS) is 10.9. The van der Waals surface area contributed by atoms with Crippen molar-refractivity contribution in [3.05, 3.63) is 69.9 Å². The van der Waals surface area contributed by atoms with Crippen LogP contribution in [-0.4, -0.2) is 29.0 Å². The molecule has 2 aromatic heterocycles. The summed E-state index contributed by atoms with van der Waals surface area (Å²) in [4.78, 5) is 16.7. The van der Waals surface area contributed by atoms with E-state index < -0.39 is 5.76 Å². The minimum absolute atomic E-state index is 0.130. The number of hydrogen-bond donors (Lipinski definition) is 0. The van der Waals surface area contributed by atoms with E-state index in [1.807, 2.05) is 23.6 Å². The standard InChI is InChI=1S/C20H16FN3O4S/c1-26-16-8-5-13(9-17(16)27-2)19-22-15(11-29-19)10-24-20(25)28-18(23-24)12-3-6-14(21)7-4-12/h3-9,11H,10H2,1-2H3. The average molecular weight is 413 g/mol. The Hall–Kier alpha value is -3.46. The third kappa shape index (κ3) is 3.90. The fraction of sp³-hybridized carbons (Fsp3) is 0.150. The Morgan fingerprint density at radius 3 is 2.52 bits per heavy atom. The van der Waals surface area contributed by atoms with E-state index >= 15 is 0 Å². The van der Waals surface area contributed by atoms with Crippen molar-refractivity contribution in [2.75, 3.05) is 14.2 Å². The molecule has 0 aliphatic rings. The molecule has 0 atom stereocenters. The lowest BCUT2D eigenvalue weighted by molar-refractivity contribution is 0.355. The summed E-state index contributed by atoms with van der Waals surface area (Å²) in [5.74, 6) is 0.393. The predicted molar refractivity (Wildman–Crippen MR) is 106 cm³/mol. The number of halogens is 1. The fourth-order valence-corrected chi connectivity index (χ4v) is 3.56. The topological polar surface area (TPSA) is 79.4 Å². The molecule has 0 bridgehead atoms. The number of methoxy groups -OCH3 is 2. The van der Waals surface area contributed by atoms with Gasteiger partial charge < -0.3 is 13.9 Å². The highest BCUT2D eigenvalue weighted by molar-refractivity contribution is 7.13. The number of thiazole rings is 1. The summed E-state index contributed by atoms with van der Waals surface area (Å²) >= 11 is 1.44. The molecule has 0 amide bonds. The van der Waals surface area contributed by atoms with Gasteiger partial charge in [-0.05, 0) is 42.5 Å². The molecule has 4 rings (SSSR count). The molecule has 0 radical (unpaired) electrons. The molecule has 0 aliphatic heterocycles. The molecule has 0 spiro atoms. The first-order chi connectivity index (χ1) is 14.1. The lowest BCUT2D eigenvalue weighted by atomic mass is 10.2. The van der Waals surface area contributed by atoms with Gasteiger partial charge in [-0.25, -0.2) is 14.2 Å². The predicted octanol–water partition coefficient (Wildman–Crippen LogP) is 3.83. The van der Waals surface area contributed by atoms with E-state index in [1.165, 1.54) is 40.3 Å². The first-order valence-corrected chi connectivity index (χ1v) is 9.46. The average Bonchev–Trinajstić information content (AvgIpc) is 3.35. The quantitative estimate of drug-likeness (QED) is 0.478. The van der Waals surface area contributed by atoms with Crippen molar-refractivity contribution >= 4 is 11.3 Å². The molecule has 148 valence electrons. The van der Waals surface area contributed by atoms with Crippen LogP contribution in [0.5, 0.6) is 11.5 Å². The zero-order valence-electron chi connectivity index (χ0n) is 15.6. The number of hydrogen-bond acceptors (Lipinski definition) is 7. The van der Waals surface area contributed by atoms with Crippen LogP contribution < -0.4 is 15.2 Å². The number of nitrogens with zero attached hydrogens (tertiary/aromatic N) is 3. The van der Waals surface area contributed by atoms with E-state index in [2.05, 4.69) is 10.1 Å². The SMILES string of the molecule is COc1ccc(-c2nc(Cn3nc(-c4ccc(F)cc4)oc3=O)cs2)cc1OC. The minimum Gasteiger partial charge on any atom is -0.493 e. The van der Waals surface area contributed by atoms with Crippen molar-refractivity contribution in [1.82, 2.24) is 14.8 Å². The molecule has 0 saturated heterocycles. The molecule has 4 aromatic rings. The van der Waals surface area contributed by atoms with Crippen LogP contribution >= 0.6 is 11.3 Å². The van der Waals surface area contributed by atoms with E-state index in [4.69, 9.17) is 13.9 Å². The van der Waals surface area contributed by atoms with E-state index in [0.29, 0.717) is 22.8 Å². The van der Waals surface area contributed by atoms with Gasteiger partial charge in [0.1, 0.15) is 10.8 Å². The van der Waals surface area contributed by atoms with Crippen molar-refractivity contribution in [3.8, 4) is 33.5 Å². The van der Waals surface area contributed by atoms with Gasteiger partial charge in [-0.1, -0.05) is 0 Å². The molecule has 0 aliphatic carbocycles. The summed E-state index contributed by atoms with van der Waals surface area (Å²) in [6.45, 7) is 0.160. The summed E-state index contributed by atoms with van der Waals surface area (Å²) in [5, 5.41) is 6.81. The van der Waals surface area contributed by atoms with E-state index in [0.717, 1.165) is 10.6 Å². The van der Waals surface area contributed by atoms with Gasteiger partial charge in [0.2, 0.25) is 5.89 Å². The second-order valence-electron chi connectivity index (χ2n) is 6.05. The number of ether oxygens (including phenoxy) is 2. The van der Waals surface area contributed by atoms with Crippen molar-refractivity contribution in [2.24, 2.45) is 0 Å². The highest BCUT2D eigenvalue weighted by atomic mass is 32.1. The summed E-state index contributed by atoms with van der Waals surface area (Å²) in [6, 6.07) is 11.1.